The molecule has 0 saturated carbocycles. The van der Waals surface area contributed by atoms with Crippen LogP contribution < -0.4 is 0 Å². The molecule has 0 radical (unpaired) electrons. The molecule has 0 bridgehead atoms. The molecule has 0 aliphatic heterocycles. The average Bonchev–Trinajstić information content (AvgIpc) is 2.89. The van der Waals surface area contributed by atoms with Crippen LogP contribution in [0, 0.1) is 27.7 Å². The average molecular weight is 315 g/mol. The van der Waals surface area contributed by atoms with E-state index in [2.05, 4.69) is 99.4 Å². The summed E-state index contributed by atoms with van der Waals surface area (Å²) >= 11 is 0. The number of nitrogens with one attached hydrogen (secondary N) is 1. The molecule has 0 aliphatic rings. The first kappa shape index (κ1) is 16.3. The summed E-state index contributed by atoms with van der Waals surface area (Å²) in [5.41, 5.74) is 8.93. The lowest BCUT2D eigenvalue weighted by molar-refractivity contribution is 0.953. The molecular formula is C23H25N. The van der Waals surface area contributed by atoms with Crippen LogP contribution in [0.1, 0.15) is 45.1 Å². The molecule has 0 amide bonds. The van der Waals surface area contributed by atoms with E-state index in [1.54, 1.807) is 0 Å². The van der Waals surface area contributed by atoms with Gasteiger partial charge in [-0.1, -0.05) is 71.8 Å². The lowest BCUT2D eigenvalue weighted by Crippen LogP contribution is -2.00. The Bertz CT molecular complexity index is 833. The van der Waals surface area contributed by atoms with E-state index in [4.69, 9.17) is 0 Å². The zero-order chi connectivity index (χ0) is 17.1. The summed E-state index contributed by atoms with van der Waals surface area (Å²) in [5, 5.41) is 0. The quantitative estimate of drug-likeness (QED) is 0.599. The predicted molar refractivity (Wildman–Crippen MR) is 104 cm³/mol. The van der Waals surface area contributed by atoms with Crippen LogP contribution >= 0.6 is 0 Å². The zero-order valence-electron chi connectivity index (χ0n) is 14.9. The second-order valence-electron chi connectivity index (χ2n) is 6.71. The molecule has 122 valence electrons. The van der Waals surface area contributed by atoms with E-state index < -0.39 is 0 Å². The molecule has 2 aromatic carbocycles. The number of hydrogen-bond acceptors (Lipinski definition) is 0. The summed E-state index contributed by atoms with van der Waals surface area (Å²) in [7, 11) is 0. The molecule has 0 aliphatic carbocycles. The third-order valence-electron chi connectivity index (χ3n) is 4.50. The van der Waals surface area contributed by atoms with Crippen molar-refractivity contribution < 1.29 is 0 Å². The Morgan fingerprint density at radius 3 is 1.92 bits per heavy atom. The Balaban J connectivity index is 2.00. The van der Waals surface area contributed by atoms with Crippen LogP contribution in [-0.4, -0.2) is 4.98 Å². The van der Waals surface area contributed by atoms with E-state index in [0.717, 1.165) is 0 Å². The minimum absolute atomic E-state index is 0.237. The van der Waals surface area contributed by atoms with Crippen LogP contribution in [0.15, 0.2) is 60.7 Å². The molecule has 1 heteroatoms. The largest absolute Gasteiger partial charge is 0.362 e. The van der Waals surface area contributed by atoms with E-state index >= 15 is 0 Å². The third-order valence-corrected chi connectivity index (χ3v) is 4.50. The molecule has 3 rings (SSSR count). The van der Waals surface area contributed by atoms with E-state index in [-0.39, 0.29) is 5.92 Å². The van der Waals surface area contributed by atoms with Gasteiger partial charge in [0.1, 0.15) is 0 Å². The van der Waals surface area contributed by atoms with Crippen LogP contribution in [0.3, 0.4) is 0 Å². The summed E-state index contributed by atoms with van der Waals surface area (Å²) in [6.45, 7) is 8.55. The van der Waals surface area contributed by atoms with Gasteiger partial charge < -0.3 is 4.98 Å². The van der Waals surface area contributed by atoms with Gasteiger partial charge in [-0.15, -0.1) is 0 Å². The summed E-state index contributed by atoms with van der Waals surface area (Å²) in [6.07, 6.45) is 4.52. The Kier molecular flexibility index (Phi) is 4.71. The number of aromatic nitrogens is 1. The number of aryl methyl sites for hydroxylation is 4. The highest BCUT2D eigenvalue weighted by atomic mass is 14.7. The Hall–Kier alpha value is -2.54. The Morgan fingerprint density at radius 2 is 1.38 bits per heavy atom. The van der Waals surface area contributed by atoms with Crippen LogP contribution in [0.5, 0.6) is 0 Å². The first-order chi connectivity index (χ1) is 11.5. The molecule has 1 unspecified atom stereocenters. The fourth-order valence-electron chi connectivity index (χ4n) is 3.11. The normalized spacial score (nSPS) is 12.7. The molecule has 1 atom stereocenters. The predicted octanol–water partition coefficient (Wildman–Crippen LogP) is 6.09. The maximum atomic E-state index is 3.55. The van der Waals surface area contributed by atoms with Crippen molar-refractivity contribution in [3.8, 4) is 0 Å². The van der Waals surface area contributed by atoms with Gasteiger partial charge in [-0.05, 0) is 50.5 Å². The first-order valence-corrected chi connectivity index (χ1v) is 8.50. The van der Waals surface area contributed by atoms with Crippen LogP contribution in [0.2, 0.25) is 0 Å². The van der Waals surface area contributed by atoms with Crippen molar-refractivity contribution in [2.45, 2.75) is 33.6 Å². The molecule has 0 fully saturated rings. The van der Waals surface area contributed by atoms with Crippen molar-refractivity contribution in [2.75, 3.05) is 0 Å². The van der Waals surface area contributed by atoms with Gasteiger partial charge in [0.2, 0.25) is 0 Å². The number of benzene rings is 2. The van der Waals surface area contributed by atoms with Gasteiger partial charge in [0, 0.05) is 17.3 Å². The van der Waals surface area contributed by atoms with Gasteiger partial charge in [0.15, 0.2) is 0 Å². The SMILES string of the molecule is Cc1ccc(/C=C/C(c2ccc(C)cc2)c2[nH]c(C)cc2C)cc1. The molecule has 1 nitrogen and oxygen atoms in total. The van der Waals surface area contributed by atoms with Crippen molar-refractivity contribution in [3.05, 3.63) is 99.9 Å². The zero-order valence-corrected chi connectivity index (χ0v) is 14.9. The lowest BCUT2D eigenvalue weighted by Gasteiger charge is -2.14. The van der Waals surface area contributed by atoms with Crippen LogP contribution in [0.25, 0.3) is 6.08 Å². The van der Waals surface area contributed by atoms with Gasteiger partial charge in [-0.2, -0.15) is 0 Å². The fourth-order valence-corrected chi connectivity index (χ4v) is 3.11. The standard InChI is InChI=1S/C23H25N/c1-16-5-9-20(10-6-16)11-14-22(21-12-7-17(2)8-13-21)23-18(3)15-19(4)24-23/h5-15,22,24H,1-4H3/b14-11+. The monoisotopic (exact) mass is 315 g/mol. The van der Waals surface area contributed by atoms with E-state index in [9.17, 15) is 0 Å². The summed E-state index contributed by atoms with van der Waals surface area (Å²) < 4.78 is 0. The van der Waals surface area contributed by atoms with Crippen molar-refractivity contribution in [3.63, 3.8) is 0 Å². The van der Waals surface area contributed by atoms with Crippen molar-refractivity contribution in [2.24, 2.45) is 0 Å². The van der Waals surface area contributed by atoms with Gasteiger partial charge in [0.05, 0.1) is 0 Å². The lowest BCUT2D eigenvalue weighted by atomic mass is 9.92. The smallest absolute Gasteiger partial charge is 0.0426 e. The van der Waals surface area contributed by atoms with Gasteiger partial charge >= 0.3 is 0 Å². The van der Waals surface area contributed by atoms with Gasteiger partial charge in [-0.3, -0.25) is 0 Å². The molecular weight excluding hydrogens is 290 g/mol. The second-order valence-corrected chi connectivity index (χ2v) is 6.71. The third kappa shape index (κ3) is 3.68. The van der Waals surface area contributed by atoms with Crippen molar-refractivity contribution in [1.29, 1.82) is 0 Å². The van der Waals surface area contributed by atoms with Gasteiger partial charge in [0.25, 0.3) is 0 Å². The molecule has 3 aromatic rings. The van der Waals surface area contributed by atoms with E-state index in [1.165, 1.54) is 39.2 Å². The molecule has 1 heterocycles. The second kappa shape index (κ2) is 6.92. The number of hydrogen-bond donors (Lipinski definition) is 1. The van der Waals surface area contributed by atoms with E-state index in [0.29, 0.717) is 0 Å². The highest BCUT2D eigenvalue weighted by Crippen LogP contribution is 2.29. The minimum Gasteiger partial charge on any atom is -0.362 e. The van der Waals surface area contributed by atoms with Gasteiger partial charge in [-0.25, -0.2) is 0 Å². The summed E-state index contributed by atoms with van der Waals surface area (Å²) in [6, 6.07) is 19.7. The fraction of sp³-hybridized carbons (Fsp3) is 0.217. The van der Waals surface area contributed by atoms with Crippen molar-refractivity contribution >= 4 is 6.08 Å². The molecule has 0 saturated heterocycles. The number of rotatable bonds is 4. The number of H-pyrrole nitrogens is 1. The molecule has 1 aromatic heterocycles. The van der Waals surface area contributed by atoms with E-state index in [1.807, 2.05) is 0 Å². The minimum atomic E-state index is 0.237. The highest BCUT2D eigenvalue weighted by Gasteiger charge is 2.15. The Morgan fingerprint density at radius 1 is 0.792 bits per heavy atom. The number of aromatic amines is 1. The molecule has 1 N–H and O–H groups in total. The molecule has 24 heavy (non-hydrogen) atoms. The topological polar surface area (TPSA) is 15.8 Å². The van der Waals surface area contributed by atoms with Crippen LogP contribution in [-0.2, 0) is 0 Å². The first-order valence-electron chi connectivity index (χ1n) is 8.50. The maximum absolute atomic E-state index is 3.55. The number of allylic oxidation sites excluding steroid dienone is 1. The highest BCUT2D eigenvalue weighted by molar-refractivity contribution is 5.53. The summed E-state index contributed by atoms with van der Waals surface area (Å²) in [5.74, 6) is 0.237. The Labute approximate surface area is 145 Å². The van der Waals surface area contributed by atoms with Crippen molar-refractivity contribution in [1.82, 2.24) is 4.98 Å². The maximum Gasteiger partial charge on any atom is 0.0426 e. The summed E-state index contributed by atoms with van der Waals surface area (Å²) in [4.78, 5) is 3.55. The van der Waals surface area contributed by atoms with Crippen LogP contribution in [0.4, 0.5) is 0 Å². The molecule has 0 spiro atoms.